The van der Waals surface area contributed by atoms with Crippen LogP contribution in [0.2, 0.25) is 0 Å². The fourth-order valence-corrected chi connectivity index (χ4v) is 1.24. The summed E-state index contributed by atoms with van der Waals surface area (Å²) >= 11 is 0. The second kappa shape index (κ2) is 6.12. The standard InChI is InChI=1S/C12H17NO3/c1-10-4-3-5-11(8-10)16-9-12(15)13(2)6-7-14/h3-5,8,14H,6-7,9H2,1-2H3. The van der Waals surface area contributed by atoms with Crippen molar-refractivity contribution >= 4 is 5.91 Å². The lowest BCUT2D eigenvalue weighted by Crippen LogP contribution is -2.33. The van der Waals surface area contributed by atoms with Gasteiger partial charge < -0.3 is 14.7 Å². The van der Waals surface area contributed by atoms with Gasteiger partial charge in [-0.1, -0.05) is 12.1 Å². The van der Waals surface area contributed by atoms with Gasteiger partial charge in [-0.15, -0.1) is 0 Å². The Morgan fingerprint density at radius 1 is 1.50 bits per heavy atom. The highest BCUT2D eigenvalue weighted by molar-refractivity contribution is 5.77. The lowest BCUT2D eigenvalue weighted by Gasteiger charge is -2.15. The van der Waals surface area contributed by atoms with E-state index in [0.29, 0.717) is 12.3 Å². The summed E-state index contributed by atoms with van der Waals surface area (Å²) in [5.41, 5.74) is 1.09. The number of likely N-dealkylation sites (N-methyl/N-ethyl adjacent to an activating group) is 1. The predicted octanol–water partition coefficient (Wildman–Crippen LogP) is 0.825. The summed E-state index contributed by atoms with van der Waals surface area (Å²) in [5.74, 6) is 0.543. The maximum Gasteiger partial charge on any atom is 0.260 e. The van der Waals surface area contributed by atoms with Crippen LogP contribution in [0.15, 0.2) is 24.3 Å². The van der Waals surface area contributed by atoms with Crippen LogP contribution in [0.25, 0.3) is 0 Å². The second-order valence-electron chi connectivity index (χ2n) is 3.64. The van der Waals surface area contributed by atoms with E-state index < -0.39 is 0 Å². The Hall–Kier alpha value is -1.55. The first-order valence-electron chi connectivity index (χ1n) is 5.18. The zero-order chi connectivity index (χ0) is 12.0. The third-order valence-corrected chi connectivity index (χ3v) is 2.21. The SMILES string of the molecule is Cc1cccc(OCC(=O)N(C)CCO)c1. The van der Waals surface area contributed by atoms with Gasteiger partial charge in [0.25, 0.3) is 5.91 Å². The van der Waals surface area contributed by atoms with Gasteiger partial charge in [-0.05, 0) is 24.6 Å². The first-order valence-corrected chi connectivity index (χ1v) is 5.18. The molecule has 0 atom stereocenters. The smallest absolute Gasteiger partial charge is 0.260 e. The Labute approximate surface area is 95.5 Å². The molecule has 1 aromatic rings. The number of aliphatic hydroxyl groups is 1. The molecule has 1 rings (SSSR count). The minimum atomic E-state index is -0.143. The molecular formula is C12H17NO3. The fourth-order valence-electron chi connectivity index (χ4n) is 1.24. The van der Waals surface area contributed by atoms with Gasteiger partial charge in [-0.25, -0.2) is 0 Å². The van der Waals surface area contributed by atoms with Crippen molar-refractivity contribution in [1.29, 1.82) is 0 Å². The quantitative estimate of drug-likeness (QED) is 0.804. The molecule has 0 saturated heterocycles. The monoisotopic (exact) mass is 223 g/mol. The number of nitrogens with zero attached hydrogens (tertiary/aromatic N) is 1. The number of hydrogen-bond acceptors (Lipinski definition) is 3. The number of carbonyl (C=O) groups is 1. The molecule has 0 heterocycles. The van der Waals surface area contributed by atoms with Gasteiger partial charge in [-0.3, -0.25) is 4.79 Å². The molecule has 0 unspecified atom stereocenters. The molecule has 1 N–H and O–H groups in total. The largest absolute Gasteiger partial charge is 0.484 e. The van der Waals surface area contributed by atoms with Gasteiger partial charge >= 0.3 is 0 Å². The van der Waals surface area contributed by atoms with E-state index in [2.05, 4.69) is 0 Å². The van der Waals surface area contributed by atoms with Crippen molar-refractivity contribution in [3.8, 4) is 5.75 Å². The van der Waals surface area contributed by atoms with Gasteiger partial charge in [0.15, 0.2) is 6.61 Å². The van der Waals surface area contributed by atoms with E-state index in [0.717, 1.165) is 5.56 Å². The highest BCUT2D eigenvalue weighted by Gasteiger charge is 2.08. The fraction of sp³-hybridized carbons (Fsp3) is 0.417. The topological polar surface area (TPSA) is 49.8 Å². The molecule has 0 radical (unpaired) electrons. The van der Waals surface area contributed by atoms with Gasteiger partial charge in [0, 0.05) is 13.6 Å². The van der Waals surface area contributed by atoms with E-state index in [1.54, 1.807) is 7.05 Å². The number of aryl methyl sites for hydroxylation is 1. The number of rotatable bonds is 5. The summed E-state index contributed by atoms with van der Waals surface area (Å²) in [6.45, 7) is 2.26. The number of ether oxygens (including phenoxy) is 1. The van der Waals surface area contributed by atoms with Crippen LogP contribution in [-0.2, 0) is 4.79 Å². The molecule has 0 aliphatic carbocycles. The van der Waals surface area contributed by atoms with Crippen LogP contribution >= 0.6 is 0 Å². The molecule has 88 valence electrons. The molecule has 0 spiro atoms. The van der Waals surface area contributed by atoms with E-state index in [1.165, 1.54) is 4.90 Å². The Bertz CT molecular complexity index is 352. The van der Waals surface area contributed by atoms with Crippen LogP contribution in [0, 0.1) is 6.92 Å². The third kappa shape index (κ3) is 3.90. The molecule has 0 aromatic heterocycles. The van der Waals surface area contributed by atoms with E-state index in [1.807, 2.05) is 31.2 Å². The molecule has 0 aliphatic heterocycles. The van der Waals surface area contributed by atoms with E-state index >= 15 is 0 Å². The summed E-state index contributed by atoms with van der Waals surface area (Å²) in [6, 6.07) is 7.53. The highest BCUT2D eigenvalue weighted by Crippen LogP contribution is 2.12. The Morgan fingerprint density at radius 2 is 2.25 bits per heavy atom. The normalized spacial score (nSPS) is 9.94. The molecule has 4 heteroatoms. The molecule has 0 aliphatic rings. The molecule has 1 amide bonds. The van der Waals surface area contributed by atoms with Crippen LogP contribution in [0.1, 0.15) is 5.56 Å². The zero-order valence-corrected chi connectivity index (χ0v) is 9.64. The lowest BCUT2D eigenvalue weighted by atomic mass is 10.2. The number of aliphatic hydroxyl groups excluding tert-OH is 1. The summed E-state index contributed by atoms with van der Waals surface area (Å²) in [5, 5.41) is 8.67. The molecule has 1 aromatic carbocycles. The molecule has 4 nitrogen and oxygen atoms in total. The number of amides is 1. The molecular weight excluding hydrogens is 206 g/mol. The van der Waals surface area contributed by atoms with Gasteiger partial charge in [-0.2, -0.15) is 0 Å². The molecule has 0 fully saturated rings. The Kier molecular flexibility index (Phi) is 4.79. The van der Waals surface area contributed by atoms with Crippen molar-refractivity contribution in [3.63, 3.8) is 0 Å². The molecule has 16 heavy (non-hydrogen) atoms. The van der Waals surface area contributed by atoms with Gasteiger partial charge in [0.05, 0.1) is 6.61 Å². The number of hydrogen-bond donors (Lipinski definition) is 1. The van der Waals surface area contributed by atoms with Gasteiger partial charge in [0.1, 0.15) is 5.75 Å². The lowest BCUT2D eigenvalue weighted by molar-refractivity contribution is -0.132. The Morgan fingerprint density at radius 3 is 2.88 bits per heavy atom. The highest BCUT2D eigenvalue weighted by atomic mass is 16.5. The summed E-state index contributed by atoms with van der Waals surface area (Å²) in [6.07, 6.45) is 0. The predicted molar refractivity (Wildman–Crippen MR) is 61.4 cm³/mol. The summed E-state index contributed by atoms with van der Waals surface area (Å²) in [4.78, 5) is 12.9. The second-order valence-corrected chi connectivity index (χ2v) is 3.64. The number of carbonyl (C=O) groups excluding carboxylic acids is 1. The zero-order valence-electron chi connectivity index (χ0n) is 9.64. The van der Waals surface area contributed by atoms with Gasteiger partial charge in [0.2, 0.25) is 0 Å². The maximum atomic E-state index is 11.5. The summed E-state index contributed by atoms with van der Waals surface area (Å²) in [7, 11) is 1.64. The first kappa shape index (κ1) is 12.5. The molecule has 0 bridgehead atoms. The third-order valence-electron chi connectivity index (χ3n) is 2.21. The van der Waals surface area contributed by atoms with Crippen molar-refractivity contribution in [2.24, 2.45) is 0 Å². The van der Waals surface area contributed by atoms with Crippen LogP contribution in [0.3, 0.4) is 0 Å². The minimum Gasteiger partial charge on any atom is -0.484 e. The average molecular weight is 223 g/mol. The van der Waals surface area contributed by atoms with Crippen molar-refractivity contribution in [2.45, 2.75) is 6.92 Å². The van der Waals surface area contributed by atoms with Crippen molar-refractivity contribution < 1.29 is 14.6 Å². The van der Waals surface area contributed by atoms with Crippen LogP contribution in [-0.4, -0.2) is 42.7 Å². The minimum absolute atomic E-state index is 0.0000463. The van der Waals surface area contributed by atoms with Crippen LogP contribution in [0.4, 0.5) is 0 Å². The van der Waals surface area contributed by atoms with E-state index in [-0.39, 0.29) is 19.1 Å². The average Bonchev–Trinajstić information content (AvgIpc) is 2.26. The maximum absolute atomic E-state index is 11.5. The van der Waals surface area contributed by atoms with Crippen LogP contribution in [0.5, 0.6) is 5.75 Å². The summed E-state index contributed by atoms with van der Waals surface area (Å²) < 4.78 is 5.34. The van der Waals surface area contributed by atoms with Crippen molar-refractivity contribution in [3.05, 3.63) is 29.8 Å². The van der Waals surface area contributed by atoms with Crippen molar-refractivity contribution in [2.75, 3.05) is 26.8 Å². The molecule has 0 saturated carbocycles. The van der Waals surface area contributed by atoms with E-state index in [4.69, 9.17) is 9.84 Å². The first-order chi connectivity index (χ1) is 7.63. The van der Waals surface area contributed by atoms with Crippen molar-refractivity contribution in [1.82, 2.24) is 4.90 Å². The number of benzene rings is 1. The Balaban J connectivity index is 2.42. The van der Waals surface area contributed by atoms with E-state index in [9.17, 15) is 4.79 Å². The van der Waals surface area contributed by atoms with Crippen LogP contribution < -0.4 is 4.74 Å².